The number of Topliss-reactive ketones (excluding diaryl/α,β-unsaturated/α-hetero) is 1. The summed E-state index contributed by atoms with van der Waals surface area (Å²) in [5.74, 6) is 0.701. The Morgan fingerprint density at radius 2 is 1.91 bits per heavy atom. The molecule has 1 aliphatic carbocycles. The highest BCUT2D eigenvalue weighted by atomic mass is 19.4. The summed E-state index contributed by atoms with van der Waals surface area (Å²) in [4.78, 5) is 11.4. The standard InChI is InChI=1S/C14H19F3O.C13H12N2O2/c1-10(7-8-14(15,16)17)9-12-5-3-4-6-13(12)11(2)18;1-3-10-5-13(17-15-10)11-6-12(16)8(2)4-9(11)7-14/h9H,3-8H2,1-2H3;4-6,16H,3H2,1-2H3/b10-9+;. The van der Waals surface area contributed by atoms with Gasteiger partial charge < -0.3 is 9.63 Å². The first-order valence-electron chi connectivity index (χ1n) is 11.6. The highest BCUT2D eigenvalue weighted by molar-refractivity contribution is 5.94. The van der Waals surface area contributed by atoms with Crippen LogP contribution in [0.4, 0.5) is 13.2 Å². The molecule has 3 rings (SSSR count). The number of hydrogen-bond donors (Lipinski definition) is 1. The molecule has 2 aromatic rings. The molecule has 0 radical (unpaired) electrons. The lowest BCUT2D eigenvalue weighted by atomic mass is 9.88. The predicted molar refractivity (Wildman–Crippen MR) is 128 cm³/mol. The van der Waals surface area contributed by atoms with Crippen molar-refractivity contribution in [2.75, 3.05) is 0 Å². The maximum Gasteiger partial charge on any atom is 0.389 e. The molecule has 5 nitrogen and oxygen atoms in total. The average Bonchev–Trinajstić information content (AvgIpc) is 3.28. The van der Waals surface area contributed by atoms with Crippen LogP contribution in [-0.2, 0) is 11.2 Å². The summed E-state index contributed by atoms with van der Waals surface area (Å²) in [5, 5.41) is 22.6. The van der Waals surface area contributed by atoms with E-state index in [1.165, 1.54) is 13.0 Å². The van der Waals surface area contributed by atoms with Crippen LogP contribution < -0.4 is 0 Å². The number of phenols is 1. The summed E-state index contributed by atoms with van der Waals surface area (Å²) in [7, 11) is 0. The number of benzene rings is 1. The number of aryl methyl sites for hydroxylation is 2. The fourth-order valence-corrected chi connectivity index (χ4v) is 3.80. The van der Waals surface area contributed by atoms with Crippen LogP contribution >= 0.6 is 0 Å². The molecule has 0 spiro atoms. The number of aromatic hydroxyl groups is 1. The third kappa shape index (κ3) is 8.43. The van der Waals surface area contributed by atoms with Gasteiger partial charge in [0, 0.05) is 18.1 Å². The summed E-state index contributed by atoms with van der Waals surface area (Å²) in [6.45, 7) is 6.95. The molecule has 188 valence electrons. The van der Waals surface area contributed by atoms with Gasteiger partial charge in [-0.3, -0.25) is 4.79 Å². The van der Waals surface area contributed by atoms with E-state index < -0.39 is 12.6 Å². The average molecular weight is 489 g/mol. The molecule has 0 bridgehead atoms. The van der Waals surface area contributed by atoms with Crippen molar-refractivity contribution in [2.45, 2.75) is 78.8 Å². The molecule has 1 aromatic carbocycles. The zero-order chi connectivity index (χ0) is 26.2. The van der Waals surface area contributed by atoms with Gasteiger partial charge in [-0.25, -0.2) is 0 Å². The van der Waals surface area contributed by atoms with Gasteiger partial charge in [0.05, 0.1) is 17.3 Å². The third-order valence-electron chi connectivity index (χ3n) is 5.80. The molecule has 1 heterocycles. The van der Waals surface area contributed by atoms with Gasteiger partial charge in [0.15, 0.2) is 11.5 Å². The molecule has 0 atom stereocenters. The molecule has 0 saturated heterocycles. The van der Waals surface area contributed by atoms with Crippen LogP contribution in [0, 0.1) is 18.3 Å². The molecule has 1 aromatic heterocycles. The number of nitriles is 1. The fraction of sp³-hybridized carbons (Fsp3) is 0.444. The summed E-state index contributed by atoms with van der Waals surface area (Å²) < 4.78 is 41.5. The van der Waals surface area contributed by atoms with Gasteiger partial charge in [-0.15, -0.1) is 0 Å². The van der Waals surface area contributed by atoms with E-state index in [-0.39, 0.29) is 18.0 Å². The van der Waals surface area contributed by atoms with Crippen molar-refractivity contribution in [3.63, 3.8) is 0 Å². The molecule has 0 unspecified atom stereocenters. The summed E-state index contributed by atoms with van der Waals surface area (Å²) in [5.41, 5.74) is 4.97. The highest BCUT2D eigenvalue weighted by Crippen LogP contribution is 2.31. The van der Waals surface area contributed by atoms with Crippen molar-refractivity contribution in [1.82, 2.24) is 5.16 Å². The Morgan fingerprint density at radius 1 is 1.23 bits per heavy atom. The van der Waals surface area contributed by atoms with Crippen molar-refractivity contribution in [2.24, 2.45) is 0 Å². The molecule has 0 saturated carbocycles. The topological polar surface area (TPSA) is 87.1 Å². The number of allylic oxidation sites excluding steroid dienone is 4. The van der Waals surface area contributed by atoms with Crippen LogP contribution in [0.1, 0.15) is 76.1 Å². The van der Waals surface area contributed by atoms with E-state index in [4.69, 9.17) is 9.78 Å². The quantitative estimate of drug-likeness (QED) is 0.454. The van der Waals surface area contributed by atoms with Crippen LogP contribution in [0.25, 0.3) is 11.3 Å². The molecule has 1 N–H and O–H groups in total. The summed E-state index contributed by atoms with van der Waals surface area (Å²) in [6, 6.07) is 7.05. The number of aromatic nitrogens is 1. The molecule has 0 amide bonds. The van der Waals surface area contributed by atoms with Crippen molar-refractivity contribution in [1.29, 1.82) is 5.26 Å². The number of carbonyl (C=O) groups is 1. The van der Waals surface area contributed by atoms with Gasteiger partial charge in [0.1, 0.15) is 5.75 Å². The van der Waals surface area contributed by atoms with Crippen LogP contribution in [-0.4, -0.2) is 22.2 Å². The van der Waals surface area contributed by atoms with Crippen molar-refractivity contribution in [3.8, 4) is 23.1 Å². The lowest BCUT2D eigenvalue weighted by Crippen LogP contribution is -2.08. The first-order valence-corrected chi connectivity index (χ1v) is 11.6. The minimum atomic E-state index is -4.11. The minimum absolute atomic E-state index is 0.0121. The van der Waals surface area contributed by atoms with E-state index in [0.717, 1.165) is 48.9 Å². The normalized spacial score (nSPS) is 14.3. The van der Waals surface area contributed by atoms with Gasteiger partial charge in [0.25, 0.3) is 0 Å². The highest BCUT2D eigenvalue weighted by Gasteiger charge is 2.26. The number of carbonyl (C=O) groups excluding carboxylic acids is 1. The number of halogens is 3. The SMILES string of the molecule is CC(=O)C1=C(/C=C(\C)CCC(F)(F)F)CCCC1.CCc1cc(-c2cc(O)c(C)cc2C#N)on1. The molecule has 35 heavy (non-hydrogen) atoms. The summed E-state index contributed by atoms with van der Waals surface area (Å²) in [6.07, 6.45) is 1.22. The smallest absolute Gasteiger partial charge is 0.389 e. The maximum atomic E-state index is 12.1. The van der Waals surface area contributed by atoms with Crippen molar-refractivity contribution < 1.29 is 27.6 Å². The Kier molecular flexibility index (Phi) is 9.88. The van der Waals surface area contributed by atoms with Gasteiger partial charge in [-0.1, -0.05) is 23.7 Å². The second-order valence-corrected chi connectivity index (χ2v) is 8.71. The van der Waals surface area contributed by atoms with Crippen LogP contribution in [0.5, 0.6) is 5.75 Å². The van der Waals surface area contributed by atoms with Crippen LogP contribution in [0.15, 0.2) is 45.5 Å². The molecule has 0 aliphatic heterocycles. The van der Waals surface area contributed by atoms with Gasteiger partial charge in [-0.05, 0) is 88.1 Å². The molecule has 1 aliphatic rings. The second kappa shape index (κ2) is 12.4. The minimum Gasteiger partial charge on any atom is -0.508 e. The summed E-state index contributed by atoms with van der Waals surface area (Å²) >= 11 is 0. The van der Waals surface area contributed by atoms with E-state index in [9.17, 15) is 23.1 Å². The van der Waals surface area contributed by atoms with E-state index in [2.05, 4.69) is 11.2 Å². The lowest BCUT2D eigenvalue weighted by molar-refractivity contribution is -0.134. The van der Waals surface area contributed by atoms with Crippen LogP contribution in [0.3, 0.4) is 0 Å². The predicted octanol–water partition coefficient (Wildman–Crippen LogP) is 7.52. The van der Waals surface area contributed by atoms with E-state index in [0.29, 0.717) is 28.0 Å². The van der Waals surface area contributed by atoms with Gasteiger partial charge in [-0.2, -0.15) is 18.4 Å². The fourth-order valence-electron chi connectivity index (χ4n) is 3.80. The number of nitrogens with zero attached hydrogens (tertiary/aromatic N) is 2. The number of ketones is 1. The molecular weight excluding hydrogens is 457 g/mol. The van der Waals surface area contributed by atoms with E-state index >= 15 is 0 Å². The Morgan fingerprint density at radius 3 is 2.49 bits per heavy atom. The van der Waals surface area contributed by atoms with Gasteiger partial charge in [0.2, 0.25) is 0 Å². The Labute approximate surface area is 203 Å². The van der Waals surface area contributed by atoms with E-state index in [1.807, 2.05) is 6.92 Å². The first kappa shape index (κ1) is 27.9. The van der Waals surface area contributed by atoms with Gasteiger partial charge >= 0.3 is 6.18 Å². The second-order valence-electron chi connectivity index (χ2n) is 8.71. The Hall–Kier alpha value is -3.34. The molecule has 8 heteroatoms. The Bertz CT molecular complexity index is 1150. The lowest BCUT2D eigenvalue weighted by Gasteiger charge is -2.17. The van der Waals surface area contributed by atoms with Crippen molar-refractivity contribution >= 4 is 5.78 Å². The van der Waals surface area contributed by atoms with E-state index in [1.54, 1.807) is 32.1 Å². The maximum absolute atomic E-state index is 12.1. The monoisotopic (exact) mass is 488 g/mol. The van der Waals surface area contributed by atoms with Crippen molar-refractivity contribution in [3.05, 3.63) is 57.8 Å². The molecular formula is C27H31F3N2O3. The number of alkyl halides is 3. The first-order chi connectivity index (χ1) is 16.4. The zero-order valence-electron chi connectivity index (χ0n) is 20.6. The largest absolute Gasteiger partial charge is 0.508 e. The zero-order valence-corrected chi connectivity index (χ0v) is 20.6. The third-order valence-corrected chi connectivity index (χ3v) is 5.80. The number of rotatable bonds is 6. The van der Waals surface area contributed by atoms with Crippen LogP contribution in [0.2, 0.25) is 0 Å². The molecule has 0 fully saturated rings. The number of phenolic OH excluding ortho intramolecular Hbond substituents is 1. The Balaban J connectivity index is 0.000000247. The number of hydrogen-bond acceptors (Lipinski definition) is 5.